The number of nitrogens with zero attached hydrogens (tertiary/aromatic N) is 1. The first-order valence-corrected chi connectivity index (χ1v) is 8.37. The molecule has 2 aromatic rings. The molecule has 25 heavy (non-hydrogen) atoms. The molecule has 0 fully saturated rings. The van der Waals surface area contributed by atoms with Gasteiger partial charge < -0.3 is 9.26 Å². The maximum atomic E-state index is 12.6. The number of anilines is 1. The van der Waals surface area contributed by atoms with Crippen molar-refractivity contribution in [2.75, 3.05) is 11.3 Å². The fourth-order valence-electron chi connectivity index (χ4n) is 1.86. The largest absolute Gasteiger partial charge is 0.516 e. The van der Waals surface area contributed by atoms with E-state index in [-0.39, 0.29) is 29.3 Å². The van der Waals surface area contributed by atoms with Crippen molar-refractivity contribution in [2.45, 2.75) is 19.4 Å². The van der Waals surface area contributed by atoms with Gasteiger partial charge in [-0.05, 0) is 26.0 Å². The van der Waals surface area contributed by atoms with Crippen LogP contribution in [0.15, 0.2) is 28.8 Å². The van der Waals surface area contributed by atoms with E-state index < -0.39 is 21.5 Å². The highest BCUT2D eigenvalue weighted by Crippen LogP contribution is 2.32. The van der Waals surface area contributed by atoms with Gasteiger partial charge in [-0.2, -0.15) is 21.6 Å². The van der Waals surface area contributed by atoms with E-state index in [1.54, 1.807) is 13.8 Å². The molecule has 0 saturated heterocycles. The first-order valence-electron chi connectivity index (χ1n) is 6.89. The Labute approximate surface area is 140 Å². The van der Waals surface area contributed by atoms with E-state index in [1.807, 2.05) is 0 Å². The van der Waals surface area contributed by atoms with E-state index in [9.17, 15) is 26.4 Å². The molecule has 136 valence electrons. The van der Waals surface area contributed by atoms with Crippen LogP contribution in [0, 0.1) is 6.92 Å². The topological polar surface area (TPSA) is 98.5 Å². The van der Waals surface area contributed by atoms with Crippen LogP contribution in [0.1, 0.15) is 23.0 Å². The number of hydrogen-bond acceptors (Lipinski definition) is 6. The summed E-state index contributed by atoms with van der Waals surface area (Å²) in [6.07, 6.45) is 0. The van der Waals surface area contributed by atoms with E-state index in [4.69, 9.17) is 9.26 Å². The quantitative estimate of drug-likeness (QED) is 0.803. The van der Waals surface area contributed by atoms with E-state index in [1.165, 1.54) is 16.9 Å². The predicted octanol–water partition coefficient (Wildman–Crippen LogP) is 3.09. The number of alkyl halides is 3. The zero-order chi connectivity index (χ0) is 18.8. The molecule has 0 bridgehead atoms. The Bertz CT molecular complexity index is 890. The predicted molar refractivity (Wildman–Crippen MR) is 81.2 cm³/mol. The van der Waals surface area contributed by atoms with Crippen molar-refractivity contribution in [3.8, 4) is 11.3 Å². The molecule has 0 atom stereocenters. The average Bonchev–Trinajstić information content (AvgIpc) is 2.98. The third-order valence-corrected chi connectivity index (χ3v) is 4.08. The number of carbonyl (C=O) groups is 1. The Kier molecular flexibility index (Phi) is 5.07. The van der Waals surface area contributed by atoms with Gasteiger partial charge in [-0.25, -0.2) is 4.79 Å². The van der Waals surface area contributed by atoms with Crippen LogP contribution in [0.4, 0.5) is 18.9 Å². The smallest absolute Gasteiger partial charge is 0.460 e. The number of esters is 1. The highest BCUT2D eigenvalue weighted by molar-refractivity contribution is 7.93. The minimum atomic E-state index is -5.61. The molecule has 0 amide bonds. The summed E-state index contributed by atoms with van der Waals surface area (Å²) in [6.45, 7) is 3.33. The lowest BCUT2D eigenvalue weighted by atomic mass is 10.1. The fraction of sp³-hybridized carbons (Fsp3) is 0.286. The maximum Gasteiger partial charge on any atom is 0.516 e. The number of nitrogens with one attached hydrogen (secondary N) is 1. The third kappa shape index (κ3) is 4.10. The highest BCUT2D eigenvalue weighted by atomic mass is 32.2. The zero-order valence-corrected chi connectivity index (χ0v) is 13.9. The number of halogens is 3. The van der Waals surface area contributed by atoms with Gasteiger partial charge in [-0.3, -0.25) is 4.72 Å². The van der Waals surface area contributed by atoms with Crippen LogP contribution < -0.4 is 4.72 Å². The number of hydrogen-bond donors (Lipinski definition) is 1. The molecule has 1 aromatic carbocycles. The fourth-order valence-corrected chi connectivity index (χ4v) is 2.45. The Morgan fingerprint density at radius 3 is 2.60 bits per heavy atom. The molecule has 1 aromatic heterocycles. The van der Waals surface area contributed by atoms with Crippen molar-refractivity contribution in [3.05, 3.63) is 35.6 Å². The molecule has 0 spiro atoms. The van der Waals surface area contributed by atoms with E-state index in [0.717, 1.165) is 12.1 Å². The molecule has 1 N–H and O–H groups in total. The minimum Gasteiger partial charge on any atom is -0.460 e. The number of ether oxygens (including phenoxy) is 1. The van der Waals surface area contributed by atoms with Crippen molar-refractivity contribution in [3.63, 3.8) is 0 Å². The lowest BCUT2D eigenvalue weighted by molar-refractivity contribution is -0.0429. The van der Waals surface area contributed by atoms with Gasteiger partial charge in [0.1, 0.15) is 5.69 Å². The van der Waals surface area contributed by atoms with Gasteiger partial charge in [0.15, 0.2) is 0 Å². The summed E-state index contributed by atoms with van der Waals surface area (Å²) < 4.78 is 71.4. The molecular weight excluding hydrogens is 365 g/mol. The maximum absolute atomic E-state index is 12.6. The molecule has 2 rings (SSSR count). The van der Waals surface area contributed by atoms with Gasteiger partial charge in [0, 0.05) is 11.6 Å². The molecule has 0 radical (unpaired) electrons. The van der Waals surface area contributed by atoms with Gasteiger partial charge in [0.2, 0.25) is 5.76 Å². The summed E-state index contributed by atoms with van der Waals surface area (Å²) in [4.78, 5) is 11.6. The number of sulfonamides is 1. The Balaban J connectivity index is 2.45. The molecule has 0 saturated carbocycles. The van der Waals surface area contributed by atoms with Crippen LogP contribution in [0.3, 0.4) is 0 Å². The number of aryl methyl sites for hydroxylation is 1. The van der Waals surface area contributed by atoms with Crippen LogP contribution in [0.5, 0.6) is 0 Å². The number of aromatic nitrogens is 1. The average molecular weight is 378 g/mol. The van der Waals surface area contributed by atoms with Crippen molar-refractivity contribution in [2.24, 2.45) is 0 Å². The molecule has 1 heterocycles. The van der Waals surface area contributed by atoms with Crippen molar-refractivity contribution in [1.82, 2.24) is 5.16 Å². The molecule has 0 unspecified atom stereocenters. The monoisotopic (exact) mass is 378 g/mol. The first-order chi connectivity index (χ1) is 11.5. The molecule has 0 aliphatic rings. The molecular formula is C14H13F3N2O5S. The van der Waals surface area contributed by atoms with Crippen LogP contribution in [-0.2, 0) is 14.8 Å². The third-order valence-electron chi connectivity index (χ3n) is 2.99. The summed E-state index contributed by atoms with van der Waals surface area (Å²) in [7, 11) is -5.61. The van der Waals surface area contributed by atoms with Crippen LogP contribution in [0.25, 0.3) is 11.3 Å². The molecule has 11 heteroatoms. The van der Waals surface area contributed by atoms with Gasteiger partial charge in [-0.1, -0.05) is 16.8 Å². The zero-order valence-electron chi connectivity index (χ0n) is 13.0. The van der Waals surface area contributed by atoms with E-state index in [0.29, 0.717) is 5.56 Å². The second kappa shape index (κ2) is 6.75. The van der Waals surface area contributed by atoms with E-state index >= 15 is 0 Å². The SMILES string of the molecule is CCOC(=O)c1cc(-c2cc(C)ccc2NS(=O)(=O)C(F)(F)F)no1. The summed E-state index contributed by atoms with van der Waals surface area (Å²) in [5.74, 6) is -1.06. The summed E-state index contributed by atoms with van der Waals surface area (Å²) in [6, 6.07) is 5.13. The summed E-state index contributed by atoms with van der Waals surface area (Å²) >= 11 is 0. The van der Waals surface area contributed by atoms with Gasteiger partial charge in [-0.15, -0.1) is 0 Å². The van der Waals surface area contributed by atoms with Gasteiger partial charge >= 0.3 is 21.5 Å². The number of carbonyl (C=O) groups excluding carboxylic acids is 1. The van der Waals surface area contributed by atoms with Gasteiger partial charge in [0.25, 0.3) is 0 Å². The lowest BCUT2D eigenvalue weighted by Crippen LogP contribution is -2.30. The molecule has 0 aliphatic carbocycles. The van der Waals surface area contributed by atoms with Crippen LogP contribution in [-0.4, -0.2) is 31.7 Å². The normalized spacial score (nSPS) is 12.0. The Morgan fingerprint density at radius 2 is 2.00 bits per heavy atom. The minimum absolute atomic E-state index is 0.0205. The molecule has 7 nitrogen and oxygen atoms in total. The highest BCUT2D eigenvalue weighted by Gasteiger charge is 2.46. The summed E-state index contributed by atoms with van der Waals surface area (Å²) in [5, 5.41) is 3.59. The van der Waals surface area contributed by atoms with Gasteiger partial charge in [0.05, 0.1) is 12.3 Å². The Hall–Kier alpha value is -2.56. The first kappa shape index (κ1) is 18.8. The van der Waals surface area contributed by atoms with Crippen molar-refractivity contribution in [1.29, 1.82) is 0 Å². The lowest BCUT2D eigenvalue weighted by Gasteiger charge is -2.13. The Morgan fingerprint density at radius 1 is 1.32 bits per heavy atom. The van der Waals surface area contributed by atoms with E-state index in [2.05, 4.69) is 5.16 Å². The van der Waals surface area contributed by atoms with Crippen LogP contribution in [0.2, 0.25) is 0 Å². The standard InChI is InChI=1S/C14H13F3N2O5S/c1-3-23-13(20)12-7-11(18-24-12)9-6-8(2)4-5-10(9)19-25(21,22)14(15,16)17/h4-7,19H,3H2,1-2H3. The second-order valence-corrected chi connectivity index (χ2v) is 6.57. The summed E-state index contributed by atoms with van der Waals surface area (Å²) in [5.41, 5.74) is -5.20. The van der Waals surface area contributed by atoms with Crippen LogP contribution >= 0.6 is 0 Å². The van der Waals surface area contributed by atoms with Crippen molar-refractivity contribution < 1.29 is 35.6 Å². The number of rotatable bonds is 5. The second-order valence-electron chi connectivity index (χ2n) is 4.90. The number of benzene rings is 1. The van der Waals surface area contributed by atoms with Crippen molar-refractivity contribution >= 4 is 21.7 Å². The molecule has 0 aliphatic heterocycles.